The number of amides is 2. The first kappa shape index (κ1) is 15.4. The molecule has 2 aromatic rings. The van der Waals surface area contributed by atoms with Gasteiger partial charge >= 0.3 is 6.03 Å². The summed E-state index contributed by atoms with van der Waals surface area (Å²) in [6.07, 6.45) is 0. The molecule has 0 aromatic heterocycles. The first-order valence-electron chi connectivity index (χ1n) is 6.79. The van der Waals surface area contributed by atoms with Gasteiger partial charge < -0.3 is 10.6 Å². The monoisotopic (exact) mass is 302 g/mol. The zero-order valence-corrected chi connectivity index (χ0v) is 13.4. The molecule has 0 radical (unpaired) electrons. The van der Waals surface area contributed by atoms with Gasteiger partial charge in [0.05, 0.1) is 0 Å². The van der Waals surface area contributed by atoms with Crippen LogP contribution in [-0.2, 0) is 0 Å². The standard InChI is InChI=1S/C17H19ClN2O/c1-10-5-6-14(9-15(10)18)19-17(21)20-16-8-12(3)11(2)7-13(16)4/h5-9H,1-4H3,(H2,19,20,21). The van der Waals surface area contributed by atoms with Gasteiger partial charge in [0.25, 0.3) is 0 Å². The SMILES string of the molecule is Cc1cc(C)c(NC(=O)Nc2ccc(C)c(Cl)c2)cc1C. The van der Waals surface area contributed by atoms with E-state index < -0.39 is 0 Å². The van der Waals surface area contributed by atoms with Gasteiger partial charge in [-0.25, -0.2) is 4.79 Å². The lowest BCUT2D eigenvalue weighted by Crippen LogP contribution is -2.20. The van der Waals surface area contributed by atoms with Gasteiger partial charge in [-0.3, -0.25) is 0 Å². The summed E-state index contributed by atoms with van der Waals surface area (Å²) in [5, 5.41) is 6.29. The number of urea groups is 1. The molecule has 110 valence electrons. The fourth-order valence-electron chi connectivity index (χ4n) is 2.05. The smallest absolute Gasteiger partial charge is 0.308 e. The van der Waals surface area contributed by atoms with Gasteiger partial charge in [0, 0.05) is 16.4 Å². The molecule has 4 heteroatoms. The van der Waals surface area contributed by atoms with Crippen LogP contribution in [0.2, 0.25) is 5.02 Å². The zero-order chi connectivity index (χ0) is 15.6. The number of nitrogens with one attached hydrogen (secondary N) is 2. The normalized spacial score (nSPS) is 10.3. The number of hydrogen-bond donors (Lipinski definition) is 2. The second-order valence-corrected chi connectivity index (χ2v) is 5.70. The predicted molar refractivity (Wildman–Crippen MR) is 89.5 cm³/mol. The molecular formula is C17H19ClN2O. The zero-order valence-electron chi connectivity index (χ0n) is 12.7. The maximum atomic E-state index is 12.1. The Morgan fingerprint density at radius 3 is 2.19 bits per heavy atom. The van der Waals surface area contributed by atoms with E-state index in [9.17, 15) is 4.79 Å². The summed E-state index contributed by atoms with van der Waals surface area (Å²) < 4.78 is 0. The number of rotatable bonds is 2. The number of carbonyl (C=O) groups excluding carboxylic acids is 1. The van der Waals surface area contributed by atoms with Crippen LogP contribution < -0.4 is 10.6 Å². The minimum Gasteiger partial charge on any atom is -0.308 e. The molecule has 0 saturated carbocycles. The van der Waals surface area contributed by atoms with Crippen molar-refractivity contribution in [2.24, 2.45) is 0 Å². The fraction of sp³-hybridized carbons (Fsp3) is 0.235. The average molecular weight is 303 g/mol. The van der Waals surface area contributed by atoms with E-state index in [4.69, 9.17) is 11.6 Å². The van der Waals surface area contributed by atoms with Crippen molar-refractivity contribution in [3.63, 3.8) is 0 Å². The minimum absolute atomic E-state index is 0.277. The van der Waals surface area contributed by atoms with Crippen LogP contribution in [0.15, 0.2) is 30.3 Å². The summed E-state index contributed by atoms with van der Waals surface area (Å²) in [4.78, 5) is 12.1. The lowest BCUT2D eigenvalue weighted by molar-refractivity contribution is 0.262. The predicted octanol–water partition coefficient (Wildman–Crippen LogP) is 5.22. The molecule has 0 unspecified atom stereocenters. The Morgan fingerprint density at radius 2 is 1.52 bits per heavy atom. The first-order valence-corrected chi connectivity index (χ1v) is 7.16. The Kier molecular flexibility index (Phi) is 4.53. The van der Waals surface area contributed by atoms with E-state index >= 15 is 0 Å². The molecule has 2 amide bonds. The maximum Gasteiger partial charge on any atom is 0.323 e. The lowest BCUT2D eigenvalue weighted by Gasteiger charge is -2.12. The van der Waals surface area contributed by atoms with E-state index in [1.807, 2.05) is 39.0 Å². The Morgan fingerprint density at radius 1 is 0.857 bits per heavy atom. The van der Waals surface area contributed by atoms with Gasteiger partial charge in [-0.1, -0.05) is 23.7 Å². The van der Waals surface area contributed by atoms with E-state index in [1.54, 1.807) is 6.07 Å². The molecule has 0 spiro atoms. The number of benzene rings is 2. The molecule has 2 aromatic carbocycles. The number of aryl methyl sites for hydroxylation is 4. The Hall–Kier alpha value is -2.00. The van der Waals surface area contributed by atoms with Gasteiger partial charge in [0.2, 0.25) is 0 Å². The number of hydrogen-bond acceptors (Lipinski definition) is 1. The Bertz CT molecular complexity index is 695. The second kappa shape index (κ2) is 6.19. The summed E-state index contributed by atoms with van der Waals surface area (Å²) in [5.41, 5.74) is 5.86. The van der Waals surface area contributed by atoms with Gasteiger partial charge in [0.15, 0.2) is 0 Å². The van der Waals surface area contributed by atoms with Crippen LogP contribution in [0.4, 0.5) is 16.2 Å². The molecule has 21 heavy (non-hydrogen) atoms. The molecule has 0 atom stereocenters. The lowest BCUT2D eigenvalue weighted by atomic mass is 10.1. The highest BCUT2D eigenvalue weighted by atomic mass is 35.5. The summed E-state index contributed by atoms with van der Waals surface area (Å²) in [7, 11) is 0. The molecule has 2 rings (SSSR count). The molecule has 0 heterocycles. The molecular weight excluding hydrogens is 284 g/mol. The van der Waals surface area contributed by atoms with Crippen LogP contribution in [0.3, 0.4) is 0 Å². The third kappa shape index (κ3) is 3.76. The van der Waals surface area contributed by atoms with Crippen molar-refractivity contribution >= 4 is 29.0 Å². The van der Waals surface area contributed by atoms with Crippen LogP contribution in [0.5, 0.6) is 0 Å². The average Bonchev–Trinajstić information content (AvgIpc) is 2.40. The molecule has 0 fully saturated rings. The molecule has 3 nitrogen and oxygen atoms in total. The highest BCUT2D eigenvalue weighted by Gasteiger charge is 2.07. The van der Waals surface area contributed by atoms with E-state index in [2.05, 4.69) is 23.6 Å². The van der Waals surface area contributed by atoms with Gasteiger partial charge in [-0.15, -0.1) is 0 Å². The summed E-state index contributed by atoms with van der Waals surface area (Å²) in [5.74, 6) is 0. The highest BCUT2D eigenvalue weighted by molar-refractivity contribution is 6.31. The third-order valence-corrected chi connectivity index (χ3v) is 3.93. The molecule has 0 saturated heterocycles. The van der Waals surface area contributed by atoms with E-state index in [0.29, 0.717) is 10.7 Å². The molecule has 0 bridgehead atoms. The number of anilines is 2. The van der Waals surface area contributed by atoms with Crippen molar-refractivity contribution in [3.05, 3.63) is 57.6 Å². The van der Waals surface area contributed by atoms with E-state index in [0.717, 1.165) is 22.4 Å². The first-order chi connectivity index (χ1) is 9.86. The molecule has 2 N–H and O–H groups in total. The highest BCUT2D eigenvalue weighted by Crippen LogP contribution is 2.22. The van der Waals surface area contributed by atoms with Crippen LogP contribution in [-0.4, -0.2) is 6.03 Å². The summed E-state index contributed by atoms with van der Waals surface area (Å²) in [6, 6.07) is 9.21. The quantitative estimate of drug-likeness (QED) is 0.784. The third-order valence-electron chi connectivity index (χ3n) is 3.52. The maximum absolute atomic E-state index is 12.1. The van der Waals surface area contributed by atoms with E-state index in [-0.39, 0.29) is 6.03 Å². The topological polar surface area (TPSA) is 41.1 Å². The summed E-state index contributed by atoms with van der Waals surface area (Å²) >= 11 is 6.05. The minimum atomic E-state index is -0.277. The van der Waals surface area contributed by atoms with Crippen molar-refractivity contribution in [2.75, 3.05) is 10.6 Å². The molecule has 0 aliphatic carbocycles. The van der Waals surface area contributed by atoms with Gasteiger partial charge in [-0.05, 0) is 68.1 Å². The molecule has 0 aliphatic rings. The second-order valence-electron chi connectivity index (χ2n) is 5.29. The number of halogens is 1. The van der Waals surface area contributed by atoms with Crippen LogP contribution in [0.1, 0.15) is 22.3 Å². The van der Waals surface area contributed by atoms with Gasteiger partial charge in [-0.2, -0.15) is 0 Å². The number of carbonyl (C=O) groups is 1. The van der Waals surface area contributed by atoms with Crippen molar-refractivity contribution in [1.82, 2.24) is 0 Å². The largest absolute Gasteiger partial charge is 0.323 e. The van der Waals surface area contributed by atoms with E-state index in [1.165, 1.54) is 5.56 Å². The fourth-order valence-corrected chi connectivity index (χ4v) is 2.23. The Labute approximate surface area is 130 Å². The van der Waals surface area contributed by atoms with Crippen molar-refractivity contribution in [1.29, 1.82) is 0 Å². The van der Waals surface area contributed by atoms with Crippen molar-refractivity contribution in [2.45, 2.75) is 27.7 Å². The van der Waals surface area contributed by atoms with Gasteiger partial charge in [0.1, 0.15) is 0 Å². The van der Waals surface area contributed by atoms with Crippen LogP contribution >= 0.6 is 11.6 Å². The summed E-state index contributed by atoms with van der Waals surface area (Å²) in [6.45, 7) is 7.98. The molecule has 0 aliphatic heterocycles. The van der Waals surface area contributed by atoms with Crippen molar-refractivity contribution < 1.29 is 4.79 Å². The Balaban J connectivity index is 2.11. The van der Waals surface area contributed by atoms with Crippen molar-refractivity contribution in [3.8, 4) is 0 Å². The van der Waals surface area contributed by atoms with Crippen LogP contribution in [0, 0.1) is 27.7 Å². The van der Waals surface area contributed by atoms with Crippen LogP contribution in [0.25, 0.3) is 0 Å².